The number of halogens is 1. The summed E-state index contributed by atoms with van der Waals surface area (Å²) in [6.45, 7) is 0.390. The number of nitrogens with zero attached hydrogens (tertiary/aromatic N) is 2. The zero-order valence-corrected chi connectivity index (χ0v) is 10.5. The van der Waals surface area contributed by atoms with Crippen molar-refractivity contribution in [1.82, 2.24) is 0 Å². The van der Waals surface area contributed by atoms with Crippen molar-refractivity contribution in [3.63, 3.8) is 0 Å². The van der Waals surface area contributed by atoms with E-state index < -0.39 is 6.09 Å². The standard InChI is InChI=1S/C12H11ClN2O3/c1-17-11-3-2-9(13)4-10(11)15-6-8(5-14)7-18-12(15)16/h2-4,8H,6-7H2,1H3. The molecule has 94 valence electrons. The average molecular weight is 267 g/mol. The van der Waals surface area contributed by atoms with Crippen LogP contribution in [0.2, 0.25) is 5.02 Å². The van der Waals surface area contributed by atoms with Crippen LogP contribution in [0.3, 0.4) is 0 Å². The van der Waals surface area contributed by atoms with E-state index in [1.807, 2.05) is 0 Å². The Hall–Kier alpha value is -1.93. The van der Waals surface area contributed by atoms with Crippen LogP contribution in [0.5, 0.6) is 5.75 Å². The molecule has 1 heterocycles. The van der Waals surface area contributed by atoms with Crippen molar-refractivity contribution in [2.75, 3.05) is 25.2 Å². The number of methoxy groups -OCH3 is 1. The van der Waals surface area contributed by atoms with Crippen molar-refractivity contribution < 1.29 is 14.3 Å². The Kier molecular flexibility index (Phi) is 3.58. The second kappa shape index (κ2) is 5.15. The predicted molar refractivity (Wildman–Crippen MR) is 65.8 cm³/mol. The first kappa shape index (κ1) is 12.5. The van der Waals surface area contributed by atoms with E-state index in [4.69, 9.17) is 26.3 Å². The van der Waals surface area contributed by atoms with E-state index in [0.717, 1.165) is 0 Å². The summed E-state index contributed by atoms with van der Waals surface area (Å²) in [5.74, 6) is 0.154. The summed E-state index contributed by atoms with van der Waals surface area (Å²) in [4.78, 5) is 13.1. The summed E-state index contributed by atoms with van der Waals surface area (Å²) >= 11 is 5.91. The van der Waals surface area contributed by atoms with Crippen LogP contribution in [0, 0.1) is 17.2 Å². The monoisotopic (exact) mass is 266 g/mol. The minimum Gasteiger partial charge on any atom is -0.495 e. The second-order valence-corrected chi connectivity index (χ2v) is 4.27. The van der Waals surface area contributed by atoms with E-state index in [1.54, 1.807) is 18.2 Å². The van der Waals surface area contributed by atoms with Crippen molar-refractivity contribution in [1.29, 1.82) is 5.26 Å². The number of benzene rings is 1. The summed E-state index contributed by atoms with van der Waals surface area (Å²) in [5, 5.41) is 9.38. The lowest BCUT2D eigenvalue weighted by molar-refractivity contribution is 0.127. The van der Waals surface area contributed by atoms with Crippen LogP contribution in [0.1, 0.15) is 0 Å². The van der Waals surface area contributed by atoms with Crippen LogP contribution in [0.25, 0.3) is 0 Å². The Bertz CT molecular complexity index is 513. The first-order valence-electron chi connectivity index (χ1n) is 5.33. The smallest absolute Gasteiger partial charge is 0.414 e. The number of carbonyl (C=O) groups excluding carboxylic acids is 1. The highest BCUT2D eigenvalue weighted by atomic mass is 35.5. The maximum absolute atomic E-state index is 11.7. The molecule has 1 aliphatic rings. The largest absolute Gasteiger partial charge is 0.495 e. The molecule has 1 aromatic carbocycles. The predicted octanol–water partition coefficient (Wildman–Crippen LogP) is 2.44. The van der Waals surface area contributed by atoms with Crippen LogP contribution < -0.4 is 9.64 Å². The van der Waals surface area contributed by atoms with Crippen LogP contribution in [0.4, 0.5) is 10.5 Å². The number of hydrogen-bond donors (Lipinski definition) is 0. The highest BCUT2D eigenvalue weighted by Gasteiger charge is 2.30. The van der Waals surface area contributed by atoms with Gasteiger partial charge in [-0.15, -0.1) is 0 Å². The van der Waals surface area contributed by atoms with Crippen LogP contribution in [0.15, 0.2) is 18.2 Å². The van der Waals surface area contributed by atoms with Gasteiger partial charge < -0.3 is 9.47 Å². The fourth-order valence-electron chi connectivity index (χ4n) is 1.75. The zero-order chi connectivity index (χ0) is 13.1. The second-order valence-electron chi connectivity index (χ2n) is 3.83. The first-order chi connectivity index (χ1) is 8.65. The molecule has 0 spiro atoms. The molecule has 1 saturated heterocycles. The fraction of sp³-hybridized carbons (Fsp3) is 0.333. The molecule has 0 bridgehead atoms. The van der Waals surface area contributed by atoms with Gasteiger partial charge in [0.05, 0.1) is 24.8 Å². The number of nitriles is 1. The normalized spacial score (nSPS) is 19.1. The lowest BCUT2D eigenvalue weighted by atomic mass is 10.1. The fourth-order valence-corrected chi connectivity index (χ4v) is 1.91. The number of amides is 1. The van der Waals surface area contributed by atoms with Crippen molar-refractivity contribution in [3.8, 4) is 11.8 Å². The van der Waals surface area contributed by atoms with Crippen molar-refractivity contribution in [2.45, 2.75) is 0 Å². The third kappa shape index (κ3) is 2.34. The number of hydrogen-bond acceptors (Lipinski definition) is 4. The minimum absolute atomic E-state index is 0.120. The van der Waals surface area contributed by atoms with E-state index in [9.17, 15) is 4.79 Å². The molecule has 1 unspecified atom stereocenters. The summed E-state index contributed by atoms with van der Waals surface area (Å²) in [5.41, 5.74) is 0.509. The highest BCUT2D eigenvalue weighted by Crippen LogP contribution is 2.33. The van der Waals surface area contributed by atoms with Crippen molar-refractivity contribution >= 4 is 23.4 Å². The van der Waals surface area contributed by atoms with Crippen LogP contribution in [-0.4, -0.2) is 26.4 Å². The minimum atomic E-state index is -0.498. The third-order valence-electron chi connectivity index (χ3n) is 2.65. The first-order valence-corrected chi connectivity index (χ1v) is 5.71. The van der Waals surface area contributed by atoms with Gasteiger partial charge in [0.25, 0.3) is 0 Å². The molecular formula is C12H11ClN2O3. The van der Waals surface area contributed by atoms with Crippen molar-refractivity contribution in [3.05, 3.63) is 23.2 Å². The molecule has 0 aromatic heterocycles. The molecule has 1 amide bonds. The van der Waals surface area contributed by atoms with E-state index in [1.165, 1.54) is 12.0 Å². The van der Waals surface area contributed by atoms with Gasteiger partial charge in [-0.1, -0.05) is 11.6 Å². The Balaban J connectivity index is 2.37. The van der Waals surface area contributed by atoms with Gasteiger partial charge in [0.1, 0.15) is 12.4 Å². The van der Waals surface area contributed by atoms with E-state index in [2.05, 4.69) is 6.07 Å². The molecule has 18 heavy (non-hydrogen) atoms. The van der Waals surface area contributed by atoms with Gasteiger partial charge in [-0.25, -0.2) is 4.79 Å². The molecule has 0 aliphatic carbocycles. The molecule has 0 N–H and O–H groups in total. The molecule has 1 atom stereocenters. The topological polar surface area (TPSA) is 62.6 Å². The number of anilines is 1. The van der Waals surface area contributed by atoms with Gasteiger partial charge in [0, 0.05) is 11.6 Å². The summed E-state index contributed by atoms with van der Waals surface area (Å²) in [7, 11) is 1.50. The molecule has 1 aromatic rings. The Labute approximate surface area is 109 Å². The van der Waals surface area contributed by atoms with Crippen LogP contribution in [-0.2, 0) is 4.74 Å². The van der Waals surface area contributed by atoms with E-state index in [-0.39, 0.29) is 19.1 Å². The molecule has 5 nitrogen and oxygen atoms in total. The Morgan fingerprint density at radius 2 is 2.39 bits per heavy atom. The lowest BCUT2D eigenvalue weighted by Gasteiger charge is -2.30. The summed E-state index contributed by atoms with van der Waals surface area (Å²) < 4.78 is 10.1. The molecule has 1 aliphatic heterocycles. The van der Waals surface area contributed by atoms with Gasteiger partial charge in [-0.2, -0.15) is 5.26 Å². The van der Waals surface area contributed by atoms with Gasteiger partial charge >= 0.3 is 6.09 Å². The van der Waals surface area contributed by atoms with E-state index >= 15 is 0 Å². The van der Waals surface area contributed by atoms with E-state index in [0.29, 0.717) is 16.5 Å². The molecule has 0 saturated carbocycles. The van der Waals surface area contributed by atoms with Gasteiger partial charge in [-0.3, -0.25) is 4.90 Å². The van der Waals surface area contributed by atoms with Crippen LogP contribution >= 0.6 is 11.6 Å². The number of rotatable bonds is 2. The molecule has 6 heteroatoms. The average Bonchev–Trinajstić information content (AvgIpc) is 2.39. The quantitative estimate of drug-likeness (QED) is 0.825. The van der Waals surface area contributed by atoms with Gasteiger partial charge in [0.2, 0.25) is 0 Å². The SMILES string of the molecule is COc1ccc(Cl)cc1N1CC(C#N)COC1=O. The maximum Gasteiger partial charge on any atom is 0.414 e. The third-order valence-corrected chi connectivity index (χ3v) is 2.88. The summed E-state index contributed by atoms with van der Waals surface area (Å²) in [6.07, 6.45) is -0.498. The Morgan fingerprint density at radius 1 is 1.61 bits per heavy atom. The zero-order valence-electron chi connectivity index (χ0n) is 9.72. The van der Waals surface area contributed by atoms with Gasteiger partial charge in [-0.05, 0) is 18.2 Å². The Morgan fingerprint density at radius 3 is 3.06 bits per heavy atom. The molecular weight excluding hydrogens is 256 g/mol. The highest BCUT2D eigenvalue weighted by molar-refractivity contribution is 6.31. The molecule has 0 radical (unpaired) electrons. The van der Waals surface area contributed by atoms with Crippen molar-refractivity contribution in [2.24, 2.45) is 5.92 Å². The maximum atomic E-state index is 11.7. The number of cyclic esters (lactones) is 1. The molecule has 1 fully saturated rings. The number of ether oxygens (including phenoxy) is 2. The number of carbonyl (C=O) groups is 1. The lowest BCUT2D eigenvalue weighted by Crippen LogP contribution is -2.42. The summed E-state index contributed by atoms with van der Waals surface area (Å²) in [6, 6.07) is 7.03. The van der Waals surface area contributed by atoms with Gasteiger partial charge in [0.15, 0.2) is 0 Å². The molecule has 2 rings (SSSR count).